The SMILES string of the molecule is C=C1CC2(O)c3c(ccc(Oc4cc(F)cc(C#N)c4)c31)S(=N)(=O)C2(F)F. The summed E-state index contributed by atoms with van der Waals surface area (Å²) < 4.78 is 68.4. The molecule has 1 aliphatic heterocycles. The highest BCUT2D eigenvalue weighted by molar-refractivity contribution is 7.94. The number of hydrogen-bond donors (Lipinski definition) is 2. The Labute approximate surface area is 152 Å². The van der Waals surface area contributed by atoms with Crippen molar-refractivity contribution in [1.82, 2.24) is 0 Å². The van der Waals surface area contributed by atoms with Crippen LogP contribution in [0.3, 0.4) is 0 Å². The highest BCUT2D eigenvalue weighted by atomic mass is 32.2. The molecule has 4 rings (SSSR count). The molecule has 138 valence electrons. The Morgan fingerprint density at radius 3 is 2.70 bits per heavy atom. The van der Waals surface area contributed by atoms with Crippen LogP contribution in [0.4, 0.5) is 13.2 Å². The van der Waals surface area contributed by atoms with E-state index in [1.807, 2.05) is 0 Å². The van der Waals surface area contributed by atoms with Gasteiger partial charge in [-0.15, -0.1) is 0 Å². The molecule has 0 radical (unpaired) electrons. The van der Waals surface area contributed by atoms with Gasteiger partial charge in [-0.3, -0.25) is 0 Å². The third-order valence-corrected chi connectivity index (χ3v) is 6.76. The van der Waals surface area contributed by atoms with E-state index >= 15 is 0 Å². The van der Waals surface area contributed by atoms with Crippen LogP contribution >= 0.6 is 0 Å². The molecule has 2 atom stereocenters. The van der Waals surface area contributed by atoms with E-state index in [2.05, 4.69) is 6.58 Å². The Bertz CT molecular complexity index is 1190. The quantitative estimate of drug-likeness (QED) is 0.804. The van der Waals surface area contributed by atoms with Crippen molar-refractivity contribution in [3.8, 4) is 17.6 Å². The second-order valence-corrected chi connectivity index (χ2v) is 8.48. The number of alkyl halides is 2. The number of nitrogens with one attached hydrogen (secondary N) is 1. The first-order valence-corrected chi connectivity index (χ1v) is 9.21. The van der Waals surface area contributed by atoms with Gasteiger partial charge in [-0.1, -0.05) is 6.58 Å². The molecule has 1 heterocycles. The van der Waals surface area contributed by atoms with Gasteiger partial charge in [0.25, 0.3) is 0 Å². The minimum Gasteiger partial charge on any atom is -0.457 e. The van der Waals surface area contributed by atoms with Crippen LogP contribution in [0.5, 0.6) is 11.5 Å². The molecule has 27 heavy (non-hydrogen) atoms. The van der Waals surface area contributed by atoms with Gasteiger partial charge in [0.15, 0.2) is 5.60 Å². The minimum atomic E-state index is -4.58. The second kappa shape index (κ2) is 5.12. The predicted molar refractivity (Wildman–Crippen MR) is 89.3 cm³/mol. The van der Waals surface area contributed by atoms with Gasteiger partial charge in [-0.25, -0.2) is 13.4 Å². The number of nitriles is 1. The topological polar surface area (TPSA) is 94.2 Å². The van der Waals surface area contributed by atoms with Crippen molar-refractivity contribution < 1.29 is 27.2 Å². The zero-order valence-corrected chi connectivity index (χ0v) is 14.4. The maximum absolute atomic E-state index is 14.6. The van der Waals surface area contributed by atoms with Crippen LogP contribution in [0.1, 0.15) is 23.1 Å². The molecule has 0 aromatic heterocycles. The maximum atomic E-state index is 14.6. The van der Waals surface area contributed by atoms with Gasteiger partial charge in [-0.05, 0) is 29.8 Å². The van der Waals surface area contributed by atoms with E-state index < -0.39 is 37.7 Å². The molecule has 2 unspecified atom stereocenters. The number of halogens is 3. The van der Waals surface area contributed by atoms with E-state index in [-0.39, 0.29) is 33.8 Å². The smallest absolute Gasteiger partial charge is 0.364 e. The van der Waals surface area contributed by atoms with Gasteiger partial charge in [0.1, 0.15) is 27.0 Å². The summed E-state index contributed by atoms with van der Waals surface area (Å²) in [6, 6.07) is 7.30. The number of rotatable bonds is 2. The first-order chi connectivity index (χ1) is 12.5. The van der Waals surface area contributed by atoms with E-state index in [1.165, 1.54) is 12.1 Å². The van der Waals surface area contributed by atoms with Gasteiger partial charge in [-0.2, -0.15) is 14.0 Å². The summed E-state index contributed by atoms with van der Waals surface area (Å²) in [5, 5.41) is 15.3. The highest BCUT2D eigenvalue weighted by Crippen LogP contribution is 2.63. The molecule has 2 aromatic carbocycles. The number of ether oxygens (including phenoxy) is 1. The zero-order chi connectivity index (χ0) is 19.8. The van der Waals surface area contributed by atoms with E-state index in [0.29, 0.717) is 0 Å². The highest BCUT2D eigenvalue weighted by Gasteiger charge is 2.71. The number of hydrogen-bond acceptors (Lipinski definition) is 5. The summed E-state index contributed by atoms with van der Waals surface area (Å²) in [4.78, 5) is -0.465. The Morgan fingerprint density at radius 1 is 1.33 bits per heavy atom. The van der Waals surface area contributed by atoms with E-state index in [1.54, 1.807) is 6.07 Å². The fourth-order valence-electron chi connectivity index (χ4n) is 3.57. The molecule has 2 aliphatic rings. The molecule has 2 aromatic rings. The Morgan fingerprint density at radius 2 is 2.04 bits per heavy atom. The molecule has 0 fully saturated rings. The molecule has 1 aliphatic carbocycles. The lowest BCUT2D eigenvalue weighted by Crippen LogP contribution is -2.43. The maximum Gasteiger partial charge on any atom is 0.364 e. The van der Waals surface area contributed by atoms with Gasteiger partial charge < -0.3 is 9.84 Å². The summed E-state index contributed by atoms with van der Waals surface area (Å²) in [5.74, 6) is -0.794. The first-order valence-electron chi connectivity index (χ1n) is 7.65. The normalized spacial score (nSPS) is 27.3. The Balaban J connectivity index is 1.93. The Hall–Kier alpha value is -2.83. The van der Waals surface area contributed by atoms with Crippen molar-refractivity contribution in [2.45, 2.75) is 22.2 Å². The van der Waals surface area contributed by atoms with Crippen LogP contribution in [0.2, 0.25) is 0 Å². The molecule has 0 amide bonds. The molecule has 0 spiro atoms. The molecule has 0 bridgehead atoms. The van der Waals surface area contributed by atoms with Crippen molar-refractivity contribution in [3.63, 3.8) is 0 Å². The van der Waals surface area contributed by atoms with Crippen molar-refractivity contribution in [3.05, 3.63) is 59.4 Å². The zero-order valence-electron chi connectivity index (χ0n) is 13.6. The molecular formula is C18H11F3N2O3S. The van der Waals surface area contributed by atoms with Gasteiger partial charge in [0.2, 0.25) is 0 Å². The predicted octanol–water partition coefficient (Wildman–Crippen LogP) is 4.11. The molecule has 9 heteroatoms. The summed E-state index contributed by atoms with van der Waals surface area (Å²) in [6.45, 7) is 3.68. The van der Waals surface area contributed by atoms with Crippen LogP contribution in [-0.2, 0) is 15.3 Å². The fraction of sp³-hybridized carbons (Fsp3) is 0.167. The molecule has 5 nitrogen and oxygen atoms in total. The average Bonchev–Trinajstić information content (AvgIpc) is 2.92. The van der Waals surface area contributed by atoms with E-state index in [4.69, 9.17) is 14.8 Å². The summed E-state index contributed by atoms with van der Waals surface area (Å²) in [6.07, 6.45) is -0.606. The second-order valence-electron chi connectivity index (χ2n) is 6.41. The Kier molecular flexibility index (Phi) is 3.33. The standard InChI is InChI=1S/C18H11F3N2O3S/c1-9-7-17(24)16-14(27(23,25)18(17,20)21)3-2-13(15(9)16)26-12-5-10(8-22)4-11(19)6-12/h2-6,23-24H,1,7H2. The largest absolute Gasteiger partial charge is 0.457 e. The lowest BCUT2D eigenvalue weighted by Gasteiger charge is -2.26. The van der Waals surface area contributed by atoms with Crippen molar-refractivity contribution in [1.29, 1.82) is 10.0 Å². The average molecular weight is 392 g/mol. The van der Waals surface area contributed by atoms with E-state index in [9.17, 15) is 22.5 Å². The van der Waals surface area contributed by atoms with Gasteiger partial charge >= 0.3 is 5.25 Å². The van der Waals surface area contributed by atoms with Crippen LogP contribution in [0.25, 0.3) is 5.57 Å². The third kappa shape index (κ3) is 2.05. The van der Waals surface area contributed by atoms with E-state index in [0.717, 1.165) is 18.2 Å². The number of benzene rings is 2. The molecule has 0 saturated carbocycles. The monoisotopic (exact) mass is 392 g/mol. The van der Waals surface area contributed by atoms with Gasteiger partial charge in [0, 0.05) is 23.6 Å². The third-order valence-electron chi connectivity index (χ3n) is 4.75. The van der Waals surface area contributed by atoms with Crippen molar-refractivity contribution in [2.75, 3.05) is 0 Å². The minimum absolute atomic E-state index is 0.00127. The van der Waals surface area contributed by atoms with Gasteiger partial charge in [0.05, 0.1) is 16.5 Å². The molecular weight excluding hydrogens is 381 g/mol. The number of aliphatic hydroxyl groups is 1. The van der Waals surface area contributed by atoms with Crippen LogP contribution in [-0.4, -0.2) is 14.6 Å². The van der Waals surface area contributed by atoms with Crippen LogP contribution in [0, 0.1) is 21.9 Å². The fourth-order valence-corrected chi connectivity index (χ4v) is 5.32. The van der Waals surface area contributed by atoms with Crippen LogP contribution < -0.4 is 4.74 Å². The summed E-state index contributed by atoms with van der Waals surface area (Å²) in [7, 11) is -4.58. The number of nitrogens with zero attached hydrogens (tertiary/aromatic N) is 1. The summed E-state index contributed by atoms with van der Waals surface area (Å²) in [5.41, 5.74) is -3.01. The van der Waals surface area contributed by atoms with Crippen molar-refractivity contribution in [2.24, 2.45) is 0 Å². The van der Waals surface area contributed by atoms with Crippen LogP contribution in [0.15, 0.2) is 41.8 Å². The molecule has 2 N–H and O–H groups in total. The molecule has 0 saturated heterocycles. The lowest BCUT2D eigenvalue weighted by atomic mass is 9.96. The van der Waals surface area contributed by atoms with Crippen molar-refractivity contribution >= 4 is 15.3 Å². The lowest BCUT2D eigenvalue weighted by molar-refractivity contribution is -0.119. The summed E-state index contributed by atoms with van der Waals surface area (Å²) >= 11 is 0. The first kappa shape index (κ1) is 17.6.